The summed E-state index contributed by atoms with van der Waals surface area (Å²) in [4.78, 5) is 4.86. The first-order valence-electron chi connectivity index (χ1n) is 24.1. The Balaban J connectivity index is 0.00000543. The van der Waals surface area contributed by atoms with E-state index in [0.29, 0.717) is 17.1 Å². The molecule has 0 aliphatic carbocycles. The average molecular weight is 1120 g/mol. The van der Waals surface area contributed by atoms with E-state index in [0.717, 1.165) is 89.0 Å². The van der Waals surface area contributed by atoms with E-state index in [1.165, 1.54) is 16.3 Å². The molecule has 0 saturated heterocycles. The van der Waals surface area contributed by atoms with Crippen molar-refractivity contribution in [1.29, 1.82) is 5.26 Å². The summed E-state index contributed by atoms with van der Waals surface area (Å²) in [7, 11) is 0. The summed E-state index contributed by atoms with van der Waals surface area (Å²) >= 11 is 0. The van der Waals surface area contributed by atoms with E-state index in [1.54, 1.807) is 0 Å². The molecule has 0 aliphatic heterocycles. The van der Waals surface area contributed by atoms with Crippen molar-refractivity contribution in [2.45, 2.75) is 26.2 Å². The summed E-state index contributed by atoms with van der Waals surface area (Å²) in [5, 5.41) is 14.7. The minimum Gasteiger partial charge on any atom is -0.510 e. The fourth-order valence-corrected chi connectivity index (χ4v) is 10.3. The minimum atomic E-state index is -0.0478. The average Bonchev–Trinajstić information content (AvgIpc) is 4.09. The molecule has 0 atom stereocenters. The van der Waals surface area contributed by atoms with Crippen LogP contribution < -0.4 is 9.30 Å². The zero-order valence-corrected chi connectivity index (χ0v) is 42.4. The Morgan fingerprint density at radius 1 is 0.548 bits per heavy atom. The monoisotopic (exact) mass is 1120 g/mol. The first-order chi connectivity index (χ1) is 35.3. The molecule has 0 saturated carbocycles. The maximum absolute atomic E-state index is 10.1. The Morgan fingerprint density at radius 3 is 1.86 bits per heavy atom. The van der Waals surface area contributed by atoms with E-state index in [-0.39, 0.29) is 26.5 Å². The first-order valence-corrected chi connectivity index (χ1v) is 24.1. The van der Waals surface area contributed by atoms with Crippen LogP contribution in [0.4, 0.5) is 0 Å². The van der Waals surface area contributed by atoms with Gasteiger partial charge >= 0.3 is 0 Å². The van der Waals surface area contributed by atoms with Gasteiger partial charge in [-0.15, -0.1) is 29.7 Å². The molecule has 8 heteroatoms. The fraction of sp³-hybridized carbons (Fsp3) is 0.0615. The zero-order chi connectivity index (χ0) is 48.5. The van der Waals surface area contributed by atoms with Crippen molar-refractivity contribution in [3.05, 3.63) is 242 Å². The molecule has 0 unspecified atom stereocenters. The summed E-state index contributed by atoms with van der Waals surface area (Å²) in [5.41, 5.74) is 14.5. The summed E-state index contributed by atoms with van der Waals surface area (Å²) in [6, 6.07) is 80.7. The van der Waals surface area contributed by atoms with Gasteiger partial charge < -0.3 is 18.4 Å². The van der Waals surface area contributed by atoms with E-state index >= 15 is 0 Å². The van der Waals surface area contributed by atoms with Gasteiger partial charge in [0.15, 0.2) is 0 Å². The van der Waals surface area contributed by atoms with Gasteiger partial charge in [-0.1, -0.05) is 148 Å². The predicted octanol–water partition coefficient (Wildman–Crippen LogP) is 15.2. The number of hydrogen-bond acceptors (Lipinski definition) is 3. The zero-order valence-electron chi connectivity index (χ0n) is 40.1. The molecule has 0 radical (unpaired) electrons. The number of para-hydroxylation sites is 6. The van der Waals surface area contributed by atoms with Gasteiger partial charge in [0.25, 0.3) is 6.33 Å². The summed E-state index contributed by atoms with van der Waals surface area (Å²) < 4.78 is 15.4. The van der Waals surface area contributed by atoms with Gasteiger partial charge in [-0.25, -0.2) is 4.98 Å². The van der Waals surface area contributed by atoms with Crippen LogP contribution in [0.5, 0.6) is 11.5 Å². The normalized spacial score (nSPS) is 11.6. The van der Waals surface area contributed by atoms with Crippen molar-refractivity contribution in [3.8, 4) is 62.7 Å². The summed E-state index contributed by atoms with van der Waals surface area (Å²) in [6.45, 7) is 6.65. The maximum Gasteiger partial charge on any atom is 0.268 e. The molecular formula is C65H44N6OPt-2. The van der Waals surface area contributed by atoms with Crippen molar-refractivity contribution in [3.63, 3.8) is 0 Å². The van der Waals surface area contributed by atoms with E-state index in [1.807, 2.05) is 59.3 Å². The SMILES string of the molecule is CC(C)(C)c1ccnc(-n2c3[c-]c(Oc4[c-]c(-n5[c-][n+](-c6c(-c7cccc(C#N)c7)cccc6-c6cccc(-n7c8ccccc8c8ccccc87)c6)c6ccccc65)ccc4)ccc3c3ccccc32)c1.[Pt]. The third kappa shape index (κ3) is 7.79. The Labute approximate surface area is 437 Å². The summed E-state index contributed by atoms with van der Waals surface area (Å²) in [6.07, 6.45) is 5.68. The smallest absolute Gasteiger partial charge is 0.268 e. The van der Waals surface area contributed by atoms with Gasteiger partial charge in [0.05, 0.1) is 39.4 Å². The Kier molecular flexibility index (Phi) is 11.2. The van der Waals surface area contributed by atoms with Crippen LogP contribution in [0.25, 0.3) is 99.8 Å². The van der Waals surface area contributed by atoms with Gasteiger partial charge in [-0.3, -0.25) is 4.57 Å². The third-order valence-electron chi connectivity index (χ3n) is 13.7. The number of imidazole rings is 1. The van der Waals surface area contributed by atoms with Gasteiger partial charge in [0.2, 0.25) is 0 Å². The molecule has 13 rings (SSSR count). The molecular weight excluding hydrogens is 1080 g/mol. The number of aromatic nitrogens is 5. The Bertz CT molecular complexity index is 4280. The van der Waals surface area contributed by atoms with Crippen LogP contribution in [0.3, 0.4) is 0 Å². The molecule has 13 aromatic rings. The number of fused-ring (bicyclic) bond motifs is 7. The van der Waals surface area contributed by atoms with Gasteiger partial charge in [-0.2, -0.15) is 23.5 Å². The Morgan fingerprint density at radius 2 is 1.15 bits per heavy atom. The van der Waals surface area contributed by atoms with Gasteiger partial charge in [0.1, 0.15) is 5.82 Å². The number of hydrogen-bond donors (Lipinski definition) is 0. The van der Waals surface area contributed by atoms with Crippen molar-refractivity contribution in [1.82, 2.24) is 18.7 Å². The Hall–Kier alpha value is -8.82. The van der Waals surface area contributed by atoms with Crippen LogP contribution in [0.15, 0.2) is 212 Å². The molecule has 9 aromatic carbocycles. The van der Waals surface area contributed by atoms with Crippen LogP contribution in [-0.2, 0) is 26.5 Å². The minimum absolute atomic E-state index is 0. The van der Waals surface area contributed by atoms with Crippen LogP contribution in [-0.4, -0.2) is 18.7 Å². The number of pyridine rings is 1. The van der Waals surface area contributed by atoms with Gasteiger partial charge in [0, 0.05) is 60.7 Å². The van der Waals surface area contributed by atoms with Crippen molar-refractivity contribution < 1.29 is 30.4 Å². The number of nitriles is 1. The number of benzene rings is 9. The first kappa shape index (κ1) is 45.3. The van der Waals surface area contributed by atoms with E-state index < -0.39 is 0 Å². The largest absolute Gasteiger partial charge is 0.510 e. The van der Waals surface area contributed by atoms with E-state index in [2.05, 4.69) is 217 Å². The van der Waals surface area contributed by atoms with Gasteiger partial charge in [-0.05, 0) is 98.9 Å². The molecule has 0 spiro atoms. The second-order valence-corrected chi connectivity index (χ2v) is 19.2. The van der Waals surface area contributed by atoms with Crippen molar-refractivity contribution >= 4 is 54.6 Å². The third-order valence-corrected chi connectivity index (χ3v) is 13.7. The second kappa shape index (κ2) is 18.1. The molecule has 4 heterocycles. The second-order valence-electron chi connectivity index (χ2n) is 19.2. The quantitative estimate of drug-likeness (QED) is 0.112. The summed E-state index contributed by atoms with van der Waals surface area (Å²) in [5.74, 6) is 1.93. The topological polar surface area (TPSA) is 64.6 Å². The maximum atomic E-state index is 10.1. The molecule has 352 valence electrons. The molecule has 73 heavy (non-hydrogen) atoms. The molecule has 0 fully saturated rings. The molecule has 7 nitrogen and oxygen atoms in total. The molecule has 0 bridgehead atoms. The molecule has 0 aliphatic rings. The van der Waals surface area contributed by atoms with Crippen LogP contribution in [0, 0.1) is 29.8 Å². The molecule has 4 aromatic heterocycles. The number of rotatable bonds is 8. The standard InChI is InChI=1S/C65H44N6O.Pt/c1-65(2,3)46-34-35-67-63(38-46)71-59-29-9-6-24-55(59)56-33-32-50(40-62(56)71)72-49-21-14-19-47(39-49)68-42-69(61-31-11-10-30-60(61)68)64-51(44-17-12-16-43(36-44)41-66)25-15-26-52(64)45-18-13-20-48(37-45)70-57-27-7-4-22-53(57)54-23-5-8-28-58(54)70;/h4-38H,1-3H3;/q-2;. The van der Waals surface area contributed by atoms with Crippen molar-refractivity contribution in [2.75, 3.05) is 0 Å². The fourth-order valence-electron chi connectivity index (χ4n) is 10.3. The van der Waals surface area contributed by atoms with Crippen molar-refractivity contribution in [2.24, 2.45) is 0 Å². The van der Waals surface area contributed by atoms with E-state index in [9.17, 15) is 5.26 Å². The van der Waals surface area contributed by atoms with Crippen LogP contribution in [0.2, 0.25) is 0 Å². The van der Waals surface area contributed by atoms with Crippen LogP contribution in [0.1, 0.15) is 31.9 Å². The number of ether oxygens (including phenoxy) is 1. The number of nitrogens with zero attached hydrogens (tertiary/aromatic N) is 6. The predicted molar refractivity (Wildman–Crippen MR) is 289 cm³/mol. The molecule has 0 N–H and O–H groups in total. The van der Waals surface area contributed by atoms with Crippen LogP contribution >= 0.6 is 0 Å². The molecule has 0 amide bonds. The van der Waals surface area contributed by atoms with E-state index in [4.69, 9.17) is 9.72 Å².